The van der Waals surface area contributed by atoms with E-state index < -0.39 is 0 Å². The van der Waals surface area contributed by atoms with E-state index in [1.165, 1.54) is 17.7 Å². The van der Waals surface area contributed by atoms with Crippen LogP contribution in [-0.4, -0.2) is 28.4 Å². The summed E-state index contributed by atoms with van der Waals surface area (Å²) in [6.45, 7) is 8.58. The lowest BCUT2D eigenvalue weighted by Crippen LogP contribution is -2.30. The van der Waals surface area contributed by atoms with Crippen LogP contribution in [0.4, 0.5) is 4.39 Å². The maximum absolute atomic E-state index is 13.4. The smallest absolute Gasteiger partial charge is 0.251 e. The Labute approximate surface area is 182 Å². The Balaban J connectivity index is 1.62. The van der Waals surface area contributed by atoms with Gasteiger partial charge in [0, 0.05) is 42.5 Å². The number of halogens is 1. The number of ether oxygens (including phenoxy) is 1. The van der Waals surface area contributed by atoms with Crippen molar-refractivity contribution in [1.82, 2.24) is 15.2 Å². The zero-order valence-electron chi connectivity index (χ0n) is 18.1. The Morgan fingerprint density at radius 3 is 2.58 bits per heavy atom. The van der Waals surface area contributed by atoms with E-state index in [1.54, 1.807) is 24.4 Å². The molecule has 0 aliphatic heterocycles. The molecule has 1 amide bonds. The average molecular weight is 422 g/mol. The number of pyridine rings is 1. The zero-order valence-corrected chi connectivity index (χ0v) is 18.1. The zero-order chi connectivity index (χ0) is 22.2. The molecule has 0 bridgehead atoms. The maximum Gasteiger partial charge on any atom is 0.251 e. The van der Waals surface area contributed by atoms with Crippen molar-refractivity contribution in [3.63, 3.8) is 0 Å². The molecule has 0 aliphatic carbocycles. The van der Waals surface area contributed by atoms with E-state index in [9.17, 15) is 9.18 Å². The van der Waals surface area contributed by atoms with Crippen LogP contribution in [0.15, 0.2) is 66.9 Å². The lowest BCUT2D eigenvalue weighted by molar-refractivity contribution is 0.0950. The first kappa shape index (κ1) is 22.4. The molecule has 0 saturated heterocycles. The molecule has 0 fully saturated rings. The first-order chi connectivity index (χ1) is 15.0. The molecule has 1 aromatic heterocycles. The predicted octanol–water partition coefficient (Wildman–Crippen LogP) is 5.17. The van der Waals surface area contributed by atoms with E-state index in [1.807, 2.05) is 30.3 Å². The van der Waals surface area contributed by atoms with Gasteiger partial charge in [0.15, 0.2) is 0 Å². The van der Waals surface area contributed by atoms with E-state index in [0.717, 1.165) is 13.1 Å². The van der Waals surface area contributed by atoms with Crippen molar-refractivity contribution in [3.05, 3.63) is 89.4 Å². The SMILES string of the molecule is CCN(Cc1ccc(C(=O)NCc2cccnc2Oc2cccc(F)c2)cc1)C(C)C. The van der Waals surface area contributed by atoms with Gasteiger partial charge >= 0.3 is 0 Å². The molecule has 0 radical (unpaired) electrons. The van der Waals surface area contributed by atoms with Crippen molar-refractivity contribution in [2.75, 3.05) is 6.54 Å². The van der Waals surface area contributed by atoms with Crippen molar-refractivity contribution in [3.8, 4) is 11.6 Å². The summed E-state index contributed by atoms with van der Waals surface area (Å²) in [6, 6.07) is 17.6. The molecule has 0 unspecified atom stereocenters. The van der Waals surface area contributed by atoms with Crippen LogP contribution in [0.1, 0.15) is 42.3 Å². The minimum Gasteiger partial charge on any atom is -0.439 e. The first-order valence-electron chi connectivity index (χ1n) is 10.4. The summed E-state index contributed by atoms with van der Waals surface area (Å²) in [7, 11) is 0. The number of hydrogen-bond donors (Lipinski definition) is 1. The standard InChI is InChI=1S/C25H28FN3O2/c1-4-29(18(2)3)17-19-10-12-20(13-11-19)24(30)28-16-21-7-6-14-27-25(21)31-23-9-5-8-22(26)15-23/h5-15,18H,4,16-17H2,1-3H3,(H,28,30). The maximum atomic E-state index is 13.4. The highest BCUT2D eigenvalue weighted by atomic mass is 19.1. The Hall–Kier alpha value is -3.25. The largest absolute Gasteiger partial charge is 0.439 e. The molecule has 3 rings (SSSR count). The number of benzene rings is 2. The molecule has 1 heterocycles. The second-order valence-corrected chi connectivity index (χ2v) is 7.56. The summed E-state index contributed by atoms with van der Waals surface area (Å²) in [5.74, 6) is 0.118. The van der Waals surface area contributed by atoms with Gasteiger partial charge < -0.3 is 10.1 Å². The van der Waals surface area contributed by atoms with Gasteiger partial charge in [-0.1, -0.05) is 31.2 Å². The van der Waals surface area contributed by atoms with Crippen molar-refractivity contribution >= 4 is 5.91 Å². The number of amides is 1. The summed E-state index contributed by atoms with van der Waals surface area (Å²) in [5.41, 5.74) is 2.46. The third-order valence-corrected chi connectivity index (χ3v) is 5.04. The van der Waals surface area contributed by atoms with Crippen LogP contribution < -0.4 is 10.1 Å². The van der Waals surface area contributed by atoms with Gasteiger partial charge in [-0.2, -0.15) is 0 Å². The van der Waals surface area contributed by atoms with Crippen LogP contribution >= 0.6 is 0 Å². The summed E-state index contributed by atoms with van der Waals surface area (Å²) >= 11 is 0. The van der Waals surface area contributed by atoms with Gasteiger partial charge in [0.05, 0.1) is 0 Å². The van der Waals surface area contributed by atoms with Gasteiger partial charge in [-0.25, -0.2) is 9.37 Å². The number of carbonyl (C=O) groups is 1. The van der Waals surface area contributed by atoms with E-state index in [-0.39, 0.29) is 18.3 Å². The molecule has 0 spiro atoms. The molecule has 5 nitrogen and oxygen atoms in total. The summed E-state index contributed by atoms with van der Waals surface area (Å²) in [5, 5.41) is 2.90. The third-order valence-electron chi connectivity index (χ3n) is 5.04. The van der Waals surface area contributed by atoms with Crippen LogP contribution in [0.5, 0.6) is 11.6 Å². The van der Waals surface area contributed by atoms with Gasteiger partial charge in [-0.3, -0.25) is 9.69 Å². The van der Waals surface area contributed by atoms with Gasteiger partial charge in [0.25, 0.3) is 5.91 Å². The highest BCUT2D eigenvalue weighted by Crippen LogP contribution is 2.23. The van der Waals surface area contributed by atoms with Crippen LogP contribution in [0.2, 0.25) is 0 Å². The Morgan fingerprint density at radius 1 is 1.13 bits per heavy atom. The van der Waals surface area contributed by atoms with Crippen LogP contribution in [0.3, 0.4) is 0 Å². The third kappa shape index (κ3) is 6.36. The molecule has 2 aromatic carbocycles. The molecule has 31 heavy (non-hydrogen) atoms. The van der Waals surface area contributed by atoms with Gasteiger partial charge in [0.1, 0.15) is 11.6 Å². The molecule has 1 N–H and O–H groups in total. The van der Waals surface area contributed by atoms with Crippen molar-refractivity contribution in [1.29, 1.82) is 0 Å². The Morgan fingerprint density at radius 2 is 1.90 bits per heavy atom. The number of hydrogen-bond acceptors (Lipinski definition) is 4. The minimum atomic E-state index is -0.387. The van der Waals surface area contributed by atoms with Crippen LogP contribution in [-0.2, 0) is 13.1 Å². The van der Waals surface area contributed by atoms with Crippen LogP contribution in [0, 0.1) is 5.82 Å². The second kappa shape index (κ2) is 10.7. The summed E-state index contributed by atoms with van der Waals surface area (Å²) in [6.07, 6.45) is 1.59. The predicted molar refractivity (Wildman–Crippen MR) is 120 cm³/mol. The second-order valence-electron chi connectivity index (χ2n) is 7.56. The average Bonchev–Trinajstić information content (AvgIpc) is 2.77. The van der Waals surface area contributed by atoms with Gasteiger partial charge in [0.2, 0.25) is 5.88 Å². The quantitative estimate of drug-likeness (QED) is 0.518. The van der Waals surface area contributed by atoms with Crippen molar-refractivity contribution in [2.24, 2.45) is 0 Å². The van der Waals surface area contributed by atoms with Crippen LogP contribution in [0.25, 0.3) is 0 Å². The molecule has 0 saturated carbocycles. The number of rotatable bonds is 9. The van der Waals surface area contributed by atoms with E-state index >= 15 is 0 Å². The first-order valence-corrected chi connectivity index (χ1v) is 10.4. The number of nitrogens with one attached hydrogen (secondary N) is 1. The molecule has 162 valence electrons. The normalized spacial score (nSPS) is 11.0. The van der Waals surface area contributed by atoms with Gasteiger partial charge in [-0.05, 0) is 56.3 Å². The molecule has 6 heteroatoms. The van der Waals surface area contributed by atoms with Crippen molar-refractivity contribution < 1.29 is 13.9 Å². The van der Waals surface area contributed by atoms with Gasteiger partial charge in [-0.15, -0.1) is 0 Å². The topological polar surface area (TPSA) is 54.5 Å². The Kier molecular flexibility index (Phi) is 7.73. The molecule has 0 atom stereocenters. The molecular weight excluding hydrogens is 393 g/mol. The fraction of sp³-hybridized carbons (Fsp3) is 0.280. The minimum absolute atomic E-state index is 0.177. The number of aromatic nitrogens is 1. The van der Waals surface area contributed by atoms with E-state index in [4.69, 9.17) is 4.74 Å². The molecule has 0 aliphatic rings. The monoisotopic (exact) mass is 421 g/mol. The fourth-order valence-corrected chi connectivity index (χ4v) is 3.23. The lowest BCUT2D eigenvalue weighted by atomic mass is 10.1. The van der Waals surface area contributed by atoms with Crippen molar-refractivity contribution in [2.45, 2.75) is 39.9 Å². The number of nitrogens with zero attached hydrogens (tertiary/aromatic N) is 2. The lowest BCUT2D eigenvalue weighted by Gasteiger charge is -2.24. The molecular formula is C25H28FN3O2. The highest BCUT2D eigenvalue weighted by Gasteiger charge is 2.11. The van der Waals surface area contributed by atoms with E-state index in [0.29, 0.717) is 28.8 Å². The molecule has 3 aromatic rings. The number of carbonyl (C=O) groups excluding carboxylic acids is 1. The highest BCUT2D eigenvalue weighted by molar-refractivity contribution is 5.94. The fourth-order valence-electron chi connectivity index (χ4n) is 3.23. The Bertz CT molecular complexity index is 1010. The summed E-state index contributed by atoms with van der Waals surface area (Å²) in [4.78, 5) is 19.2. The summed E-state index contributed by atoms with van der Waals surface area (Å²) < 4.78 is 19.1. The van der Waals surface area contributed by atoms with E-state index in [2.05, 4.69) is 36.0 Å².